The Morgan fingerprint density at radius 3 is 2.27 bits per heavy atom. The zero-order valence-corrected chi connectivity index (χ0v) is 16.1. The minimum Gasteiger partial charge on any atom is -0.486 e. The van der Waals surface area contributed by atoms with E-state index in [9.17, 15) is 0 Å². The molecule has 0 saturated carbocycles. The first-order valence-corrected chi connectivity index (χ1v) is 9.11. The summed E-state index contributed by atoms with van der Waals surface area (Å²) in [7, 11) is 0. The van der Waals surface area contributed by atoms with Crippen molar-refractivity contribution in [1.29, 1.82) is 0 Å². The first-order chi connectivity index (χ1) is 12.4. The number of fused-ring (bicyclic) bond motifs is 2. The molecule has 0 amide bonds. The van der Waals surface area contributed by atoms with Gasteiger partial charge in [0.25, 0.3) is 0 Å². The van der Waals surface area contributed by atoms with Gasteiger partial charge in [0.2, 0.25) is 0 Å². The van der Waals surface area contributed by atoms with Crippen molar-refractivity contribution in [2.24, 2.45) is 0 Å². The topological polar surface area (TPSA) is 73.2 Å². The summed E-state index contributed by atoms with van der Waals surface area (Å²) < 4.78 is 11.2. The molecule has 0 atom stereocenters. The summed E-state index contributed by atoms with van der Waals surface area (Å²) in [5.41, 5.74) is 10.9. The lowest BCUT2D eigenvalue weighted by molar-refractivity contribution is 0.172. The lowest BCUT2D eigenvalue weighted by Crippen LogP contribution is -2.15. The van der Waals surface area contributed by atoms with E-state index in [1.54, 1.807) is 0 Å². The van der Waals surface area contributed by atoms with E-state index >= 15 is 0 Å². The quantitative estimate of drug-likeness (QED) is 0.610. The zero-order valence-electron chi connectivity index (χ0n) is 16.1. The molecule has 0 radical (unpaired) electrons. The van der Waals surface area contributed by atoms with Crippen LogP contribution in [-0.4, -0.2) is 23.2 Å². The highest BCUT2D eigenvalue weighted by Crippen LogP contribution is 2.36. The summed E-state index contributed by atoms with van der Waals surface area (Å²) in [5.74, 6) is 2.24. The number of nitrogens with zero attached hydrogens (tertiary/aromatic N) is 1. The summed E-state index contributed by atoms with van der Waals surface area (Å²) in [5, 5.41) is 0. The van der Waals surface area contributed by atoms with Gasteiger partial charge in [0.1, 0.15) is 19.0 Å². The molecule has 138 valence electrons. The maximum absolute atomic E-state index is 6.28. The molecule has 1 aliphatic rings. The number of ether oxygens (including phenoxy) is 2. The molecule has 0 unspecified atom stereocenters. The van der Waals surface area contributed by atoms with Gasteiger partial charge >= 0.3 is 0 Å². The monoisotopic (exact) mass is 353 g/mol. The second-order valence-corrected chi connectivity index (χ2v) is 7.15. The fourth-order valence-electron chi connectivity index (χ4n) is 2.92. The van der Waals surface area contributed by atoms with Gasteiger partial charge in [-0.05, 0) is 23.1 Å². The van der Waals surface area contributed by atoms with Crippen LogP contribution in [0.1, 0.15) is 40.2 Å². The Balaban J connectivity index is 0.000000948. The number of nitrogens with one attached hydrogen (secondary N) is 1. The number of H-pyrrole nitrogens is 1. The van der Waals surface area contributed by atoms with Crippen LogP contribution in [0.2, 0.25) is 0 Å². The lowest BCUT2D eigenvalue weighted by atomic mass is 9.86. The summed E-state index contributed by atoms with van der Waals surface area (Å²) in [6.07, 6.45) is 0. The van der Waals surface area contributed by atoms with Crippen molar-refractivity contribution in [1.82, 2.24) is 9.97 Å². The van der Waals surface area contributed by atoms with Gasteiger partial charge in [-0.2, -0.15) is 0 Å². The molecule has 0 bridgehead atoms. The zero-order chi connectivity index (χ0) is 18.9. The number of aromatic nitrogens is 2. The van der Waals surface area contributed by atoms with Crippen molar-refractivity contribution in [3.8, 4) is 22.9 Å². The lowest BCUT2D eigenvalue weighted by Gasteiger charge is -2.20. The van der Waals surface area contributed by atoms with Crippen molar-refractivity contribution < 1.29 is 9.47 Å². The van der Waals surface area contributed by atoms with Crippen LogP contribution in [0.15, 0.2) is 30.3 Å². The highest BCUT2D eigenvalue weighted by molar-refractivity contribution is 5.85. The number of imidazole rings is 1. The summed E-state index contributed by atoms with van der Waals surface area (Å²) in [6, 6.07) is 10.0. The van der Waals surface area contributed by atoms with Crippen molar-refractivity contribution >= 4 is 16.7 Å². The average Bonchev–Trinajstić information content (AvgIpc) is 3.03. The van der Waals surface area contributed by atoms with Crippen LogP contribution in [0.3, 0.4) is 0 Å². The molecule has 0 aliphatic carbocycles. The van der Waals surface area contributed by atoms with Gasteiger partial charge in [-0.25, -0.2) is 4.98 Å². The van der Waals surface area contributed by atoms with Crippen LogP contribution in [0.5, 0.6) is 11.5 Å². The van der Waals surface area contributed by atoms with Crippen molar-refractivity contribution in [3.05, 3.63) is 35.9 Å². The number of hydrogen-bond acceptors (Lipinski definition) is 4. The highest BCUT2D eigenvalue weighted by atomic mass is 16.6. The van der Waals surface area contributed by atoms with Crippen LogP contribution in [0, 0.1) is 0 Å². The minimum atomic E-state index is 0.0637. The second kappa shape index (κ2) is 6.90. The smallest absolute Gasteiger partial charge is 0.163 e. The fraction of sp³-hybridized carbons (Fsp3) is 0.381. The van der Waals surface area contributed by atoms with Gasteiger partial charge in [0.05, 0.1) is 11.0 Å². The number of benzene rings is 2. The normalized spacial score (nSPS) is 13.3. The number of hydrogen-bond donors (Lipinski definition) is 2. The molecule has 3 aromatic rings. The van der Waals surface area contributed by atoms with Crippen LogP contribution in [-0.2, 0) is 5.41 Å². The molecule has 1 aromatic heterocycles. The van der Waals surface area contributed by atoms with E-state index in [-0.39, 0.29) is 5.41 Å². The second-order valence-electron chi connectivity index (χ2n) is 7.15. The molecule has 2 heterocycles. The van der Waals surface area contributed by atoms with E-state index in [0.29, 0.717) is 13.2 Å². The minimum absolute atomic E-state index is 0.0637. The van der Waals surface area contributed by atoms with Crippen molar-refractivity contribution in [2.45, 2.75) is 40.0 Å². The molecule has 2 aromatic carbocycles. The first kappa shape index (κ1) is 18.1. The third-order valence-corrected chi connectivity index (χ3v) is 4.32. The van der Waals surface area contributed by atoms with Gasteiger partial charge < -0.3 is 20.2 Å². The van der Waals surface area contributed by atoms with Gasteiger partial charge in [0, 0.05) is 23.4 Å². The predicted octanol–water partition coefficient (Wildman–Crippen LogP) is 4.91. The van der Waals surface area contributed by atoms with Gasteiger partial charge in [-0.3, -0.25) is 0 Å². The first-order valence-electron chi connectivity index (χ1n) is 9.11. The standard InChI is InChI=1S/C19H21N3O2.C2H6/c1-19(2,3)11-4-5-12(13(20)8-11)18-21-14-9-16-17(10-15(14)22-18)24-7-6-23-16;1-2/h4-5,8-10H,6-7,20H2,1-3H3,(H,21,22);1-2H3. The number of nitrogens with two attached hydrogens (primary N) is 1. The maximum atomic E-state index is 6.28. The number of anilines is 1. The third kappa shape index (κ3) is 3.34. The van der Waals surface area contributed by atoms with Gasteiger partial charge in [-0.15, -0.1) is 0 Å². The molecule has 3 N–H and O–H groups in total. The van der Waals surface area contributed by atoms with Crippen molar-refractivity contribution in [2.75, 3.05) is 18.9 Å². The van der Waals surface area contributed by atoms with Crippen LogP contribution in [0.4, 0.5) is 5.69 Å². The van der Waals surface area contributed by atoms with Gasteiger partial charge in [-0.1, -0.05) is 40.7 Å². The van der Waals surface area contributed by atoms with E-state index < -0.39 is 0 Å². The number of nitrogen functional groups attached to an aromatic ring is 1. The van der Waals surface area contributed by atoms with Gasteiger partial charge in [0.15, 0.2) is 11.5 Å². The number of rotatable bonds is 1. The van der Waals surface area contributed by atoms with E-state index in [2.05, 4.69) is 36.8 Å². The molecule has 5 heteroatoms. The van der Waals surface area contributed by atoms with Crippen LogP contribution < -0.4 is 15.2 Å². The average molecular weight is 353 g/mol. The Bertz CT molecular complexity index is 880. The third-order valence-electron chi connectivity index (χ3n) is 4.32. The molecule has 0 spiro atoms. The van der Waals surface area contributed by atoms with Crippen molar-refractivity contribution in [3.63, 3.8) is 0 Å². The fourth-order valence-corrected chi connectivity index (χ4v) is 2.92. The Labute approximate surface area is 154 Å². The summed E-state index contributed by atoms with van der Waals surface area (Å²) in [4.78, 5) is 8.01. The maximum Gasteiger partial charge on any atom is 0.163 e. The summed E-state index contributed by atoms with van der Waals surface area (Å²) >= 11 is 0. The molecule has 5 nitrogen and oxygen atoms in total. The van der Waals surface area contributed by atoms with E-state index in [4.69, 9.17) is 15.2 Å². The molecule has 1 aliphatic heterocycles. The molecule has 26 heavy (non-hydrogen) atoms. The molecule has 0 saturated heterocycles. The Morgan fingerprint density at radius 2 is 1.65 bits per heavy atom. The van der Waals surface area contributed by atoms with Crippen LogP contribution in [0.25, 0.3) is 22.4 Å². The Morgan fingerprint density at radius 1 is 1.00 bits per heavy atom. The molecule has 0 fully saturated rings. The van der Waals surface area contributed by atoms with E-state index in [1.807, 2.05) is 38.1 Å². The molecule has 4 rings (SSSR count). The Hall–Kier alpha value is -2.69. The molecular formula is C21H27N3O2. The number of aromatic amines is 1. The van der Waals surface area contributed by atoms with E-state index in [0.717, 1.165) is 39.6 Å². The highest BCUT2D eigenvalue weighted by Gasteiger charge is 2.18. The van der Waals surface area contributed by atoms with Crippen LogP contribution >= 0.6 is 0 Å². The predicted molar refractivity (Wildman–Crippen MR) is 107 cm³/mol. The largest absolute Gasteiger partial charge is 0.486 e. The Kier molecular flexibility index (Phi) is 4.81. The SMILES string of the molecule is CC.CC(C)(C)c1ccc(-c2nc3cc4c(cc3[nH]2)OCCO4)c(N)c1. The van der Waals surface area contributed by atoms with E-state index in [1.165, 1.54) is 5.56 Å². The molecular weight excluding hydrogens is 326 g/mol. The summed E-state index contributed by atoms with van der Waals surface area (Å²) in [6.45, 7) is 11.7.